The third-order valence-electron chi connectivity index (χ3n) is 5.62. The van der Waals surface area contributed by atoms with E-state index in [0.29, 0.717) is 37.6 Å². The fourth-order valence-electron chi connectivity index (χ4n) is 3.75. The standard InChI is InChI=1S/C24H26N4O3/c1-24(2,3)17-6-8-18(9-7-17)26-21(29)16-10-12-28(13-11-16)23-19(15-25)27-22(31-23)20-5-4-14-30-20/h4-9,14,16H,10-13H2,1-3H3,(H,26,29). The Morgan fingerprint density at radius 1 is 1.19 bits per heavy atom. The first-order chi connectivity index (χ1) is 14.8. The van der Waals surface area contributed by atoms with Crippen LogP contribution in [0.1, 0.15) is 44.9 Å². The maximum absolute atomic E-state index is 12.7. The van der Waals surface area contributed by atoms with Crippen molar-refractivity contribution in [3.05, 3.63) is 53.9 Å². The predicted octanol–water partition coefficient (Wildman–Crippen LogP) is 4.96. The van der Waals surface area contributed by atoms with Gasteiger partial charge in [-0.1, -0.05) is 32.9 Å². The van der Waals surface area contributed by atoms with Gasteiger partial charge >= 0.3 is 0 Å². The molecule has 0 spiro atoms. The molecule has 0 atom stereocenters. The highest BCUT2D eigenvalue weighted by molar-refractivity contribution is 5.92. The van der Waals surface area contributed by atoms with Gasteiger partial charge in [0.05, 0.1) is 6.26 Å². The van der Waals surface area contributed by atoms with Gasteiger partial charge in [0.1, 0.15) is 6.07 Å². The van der Waals surface area contributed by atoms with E-state index in [1.54, 1.807) is 12.1 Å². The van der Waals surface area contributed by atoms with Crippen LogP contribution in [-0.2, 0) is 10.2 Å². The number of benzene rings is 1. The first-order valence-corrected chi connectivity index (χ1v) is 10.5. The smallest absolute Gasteiger partial charge is 0.266 e. The first-order valence-electron chi connectivity index (χ1n) is 10.5. The van der Waals surface area contributed by atoms with Crippen LogP contribution in [-0.4, -0.2) is 24.0 Å². The second kappa shape index (κ2) is 8.31. The fraction of sp³-hybridized carbons (Fsp3) is 0.375. The zero-order valence-electron chi connectivity index (χ0n) is 18.0. The summed E-state index contributed by atoms with van der Waals surface area (Å²) in [5.74, 6) is 1.14. The molecule has 160 valence electrons. The Kier molecular flexibility index (Phi) is 5.55. The topological polar surface area (TPSA) is 95.3 Å². The number of hydrogen-bond donors (Lipinski definition) is 1. The van der Waals surface area contributed by atoms with E-state index in [1.807, 2.05) is 17.0 Å². The van der Waals surface area contributed by atoms with Crippen LogP contribution in [0.2, 0.25) is 0 Å². The first kappa shape index (κ1) is 20.7. The van der Waals surface area contributed by atoms with Crippen LogP contribution >= 0.6 is 0 Å². The molecule has 0 bridgehead atoms. The molecule has 1 aromatic carbocycles. The quantitative estimate of drug-likeness (QED) is 0.643. The lowest BCUT2D eigenvalue weighted by Gasteiger charge is -2.31. The summed E-state index contributed by atoms with van der Waals surface area (Å²) >= 11 is 0. The second-order valence-corrected chi connectivity index (χ2v) is 8.84. The van der Waals surface area contributed by atoms with Gasteiger partial charge in [-0.15, -0.1) is 0 Å². The van der Waals surface area contributed by atoms with E-state index in [4.69, 9.17) is 8.83 Å². The third-order valence-corrected chi connectivity index (χ3v) is 5.62. The molecule has 0 radical (unpaired) electrons. The SMILES string of the molecule is CC(C)(C)c1ccc(NC(=O)C2CCN(c3oc(-c4ccco4)nc3C#N)CC2)cc1. The summed E-state index contributed by atoms with van der Waals surface area (Å²) in [5.41, 5.74) is 2.35. The van der Waals surface area contributed by atoms with E-state index < -0.39 is 0 Å². The molecule has 3 heterocycles. The molecule has 1 saturated heterocycles. The molecule has 31 heavy (non-hydrogen) atoms. The minimum Gasteiger partial charge on any atom is -0.459 e. The highest BCUT2D eigenvalue weighted by Gasteiger charge is 2.29. The summed E-state index contributed by atoms with van der Waals surface area (Å²) in [4.78, 5) is 19.0. The summed E-state index contributed by atoms with van der Waals surface area (Å²) in [6.07, 6.45) is 2.88. The number of amides is 1. The number of oxazole rings is 1. The molecular formula is C24H26N4O3. The van der Waals surface area contributed by atoms with E-state index in [1.165, 1.54) is 11.8 Å². The average Bonchev–Trinajstić information content (AvgIpc) is 3.43. The van der Waals surface area contributed by atoms with Crippen molar-refractivity contribution in [3.63, 3.8) is 0 Å². The van der Waals surface area contributed by atoms with Crippen LogP contribution in [0.4, 0.5) is 11.6 Å². The maximum Gasteiger partial charge on any atom is 0.266 e. The van der Waals surface area contributed by atoms with Crippen molar-refractivity contribution in [1.82, 2.24) is 4.98 Å². The molecule has 0 saturated carbocycles. The maximum atomic E-state index is 12.7. The molecule has 1 N–H and O–H groups in total. The number of furan rings is 1. The van der Waals surface area contributed by atoms with Crippen molar-refractivity contribution < 1.29 is 13.6 Å². The number of anilines is 2. The summed E-state index contributed by atoms with van der Waals surface area (Å²) in [6.45, 7) is 7.72. The lowest BCUT2D eigenvalue weighted by molar-refractivity contribution is -0.120. The van der Waals surface area contributed by atoms with Crippen LogP contribution in [0, 0.1) is 17.2 Å². The molecule has 1 aliphatic rings. The molecule has 2 aromatic heterocycles. The van der Waals surface area contributed by atoms with Gasteiger partial charge in [0.2, 0.25) is 17.5 Å². The normalized spacial score (nSPS) is 15.0. The number of carbonyl (C=O) groups is 1. The van der Waals surface area contributed by atoms with Crippen LogP contribution in [0.3, 0.4) is 0 Å². The van der Waals surface area contributed by atoms with Crippen LogP contribution in [0.5, 0.6) is 0 Å². The molecule has 7 heteroatoms. The Labute approximate surface area is 181 Å². The van der Waals surface area contributed by atoms with E-state index in [2.05, 4.69) is 49.3 Å². The second-order valence-electron chi connectivity index (χ2n) is 8.84. The number of nitrogens with zero attached hydrogens (tertiary/aromatic N) is 3. The Morgan fingerprint density at radius 3 is 2.48 bits per heavy atom. The highest BCUT2D eigenvalue weighted by Crippen LogP contribution is 2.31. The van der Waals surface area contributed by atoms with Crippen molar-refractivity contribution in [2.45, 2.75) is 39.0 Å². The van der Waals surface area contributed by atoms with Crippen LogP contribution in [0.25, 0.3) is 11.7 Å². The van der Waals surface area contributed by atoms with Crippen molar-refractivity contribution >= 4 is 17.5 Å². The van der Waals surface area contributed by atoms with Gasteiger partial charge in [0.25, 0.3) is 5.89 Å². The van der Waals surface area contributed by atoms with Gasteiger partial charge in [-0.3, -0.25) is 4.79 Å². The van der Waals surface area contributed by atoms with Crippen LogP contribution < -0.4 is 10.2 Å². The van der Waals surface area contributed by atoms with Gasteiger partial charge in [0, 0.05) is 24.7 Å². The number of nitriles is 1. The summed E-state index contributed by atoms with van der Waals surface area (Å²) in [5, 5.41) is 12.5. The Hall–Kier alpha value is -3.53. The Balaban J connectivity index is 1.38. The number of hydrogen-bond acceptors (Lipinski definition) is 6. The molecule has 0 unspecified atom stereocenters. The lowest BCUT2D eigenvalue weighted by atomic mass is 9.87. The number of nitrogens with one attached hydrogen (secondary N) is 1. The fourth-order valence-corrected chi connectivity index (χ4v) is 3.75. The van der Waals surface area contributed by atoms with E-state index in [0.717, 1.165) is 5.69 Å². The Morgan fingerprint density at radius 2 is 1.90 bits per heavy atom. The molecule has 3 aromatic rings. The molecule has 0 aliphatic carbocycles. The molecule has 4 rings (SSSR count). The number of piperidine rings is 1. The Bertz CT molecular complexity index is 1080. The molecule has 7 nitrogen and oxygen atoms in total. The monoisotopic (exact) mass is 418 g/mol. The lowest BCUT2D eigenvalue weighted by Crippen LogP contribution is -2.38. The van der Waals surface area contributed by atoms with E-state index in [-0.39, 0.29) is 28.8 Å². The zero-order valence-corrected chi connectivity index (χ0v) is 18.0. The number of rotatable bonds is 4. The van der Waals surface area contributed by atoms with Gasteiger partial charge in [-0.2, -0.15) is 10.2 Å². The zero-order chi connectivity index (χ0) is 22.0. The van der Waals surface area contributed by atoms with Gasteiger partial charge < -0.3 is 19.1 Å². The van der Waals surface area contributed by atoms with Gasteiger partial charge in [-0.25, -0.2) is 0 Å². The van der Waals surface area contributed by atoms with Crippen molar-refractivity contribution in [3.8, 4) is 17.7 Å². The van der Waals surface area contributed by atoms with E-state index in [9.17, 15) is 10.1 Å². The summed E-state index contributed by atoms with van der Waals surface area (Å²) in [6, 6.07) is 13.6. The van der Waals surface area contributed by atoms with Crippen molar-refractivity contribution in [2.75, 3.05) is 23.3 Å². The molecule has 1 fully saturated rings. The molecule has 1 aliphatic heterocycles. The third kappa shape index (κ3) is 4.48. The van der Waals surface area contributed by atoms with Gasteiger partial charge in [-0.05, 0) is 48.1 Å². The largest absolute Gasteiger partial charge is 0.459 e. The van der Waals surface area contributed by atoms with Crippen LogP contribution in [0.15, 0.2) is 51.5 Å². The van der Waals surface area contributed by atoms with Crippen molar-refractivity contribution in [2.24, 2.45) is 5.92 Å². The average molecular weight is 418 g/mol. The highest BCUT2D eigenvalue weighted by atomic mass is 16.4. The minimum absolute atomic E-state index is 0.0255. The summed E-state index contributed by atoms with van der Waals surface area (Å²) < 4.78 is 11.1. The summed E-state index contributed by atoms with van der Waals surface area (Å²) in [7, 11) is 0. The predicted molar refractivity (Wildman–Crippen MR) is 118 cm³/mol. The molecule has 1 amide bonds. The minimum atomic E-state index is -0.0865. The van der Waals surface area contributed by atoms with E-state index >= 15 is 0 Å². The van der Waals surface area contributed by atoms with Gasteiger partial charge in [0.15, 0.2) is 5.76 Å². The molecular weight excluding hydrogens is 392 g/mol. The number of aromatic nitrogens is 1. The number of carbonyl (C=O) groups excluding carboxylic acids is 1. The van der Waals surface area contributed by atoms with Crippen molar-refractivity contribution in [1.29, 1.82) is 5.26 Å².